The van der Waals surface area contributed by atoms with Crippen LogP contribution in [0.5, 0.6) is 0 Å². The standard InChI is InChI=1S/C30H58NO10P/c1-3-5-7-9-10-11-12-13-14-15-16-17-18-20-22-29(34)39-23-26(32)24-40-42(37,38)41-25-27(30(35)36)31-28(33)21-19-8-6-4-2/h26-27,32H,3-25H2,1-2H3,(H,31,33)(H,35,36)(H,37,38). The molecule has 42 heavy (non-hydrogen) atoms. The summed E-state index contributed by atoms with van der Waals surface area (Å²) in [5.41, 5.74) is 0. The molecule has 1 amide bonds. The van der Waals surface area contributed by atoms with Crippen LogP contribution in [-0.2, 0) is 32.7 Å². The van der Waals surface area contributed by atoms with Crippen LogP contribution in [-0.4, -0.2) is 64.9 Å². The molecule has 0 aromatic heterocycles. The first kappa shape index (κ1) is 40.5. The van der Waals surface area contributed by atoms with Crippen LogP contribution >= 0.6 is 7.82 Å². The van der Waals surface area contributed by atoms with Gasteiger partial charge in [-0.15, -0.1) is 0 Å². The Kier molecular flexibility index (Phi) is 26.1. The van der Waals surface area contributed by atoms with Crippen LogP contribution in [0.1, 0.15) is 142 Å². The Hall–Kier alpha value is -1.52. The van der Waals surface area contributed by atoms with Crippen molar-refractivity contribution >= 4 is 25.7 Å². The lowest BCUT2D eigenvalue weighted by molar-refractivity contribution is -0.147. The number of hydrogen-bond donors (Lipinski definition) is 4. The highest BCUT2D eigenvalue weighted by molar-refractivity contribution is 7.47. The number of carbonyl (C=O) groups excluding carboxylic acids is 2. The molecule has 0 aromatic rings. The summed E-state index contributed by atoms with van der Waals surface area (Å²) in [5.74, 6) is -2.39. The molecule has 0 aliphatic carbocycles. The van der Waals surface area contributed by atoms with Crippen molar-refractivity contribution in [3.8, 4) is 0 Å². The fraction of sp³-hybridized carbons (Fsp3) is 0.900. The molecule has 4 N–H and O–H groups in total. The number of carboxylic acids is 1. The summed E-state index contributed by atoms with van der Waals surface area (Å²) in [4.78, 5) is 45.0. The van der Waals surface area contributed by atoms with Gasteiger partial charge in [0.2, 0.25) is 5.91 Å². The summed E-state index contributed by atoms with van der Waals surface area (Å²) in [6.45, 7) is 2.39. The van der Waals surface area contributed by atoms with E-state index in [1.165, 1.54) is 64.2 Å². The third-order valence-electron chi connectivity index (χ3n) is 6.90. The lowest BCUT2D eigenvalue weighted by Gasteiger charge is -2.18. The number of aliphatic hydroxyl groups excluding tert-OH is 1. The van der Waals surface area contributed by atoms with Crippen LogP contribution in [0.4, 0.5) is 0 Å². The quantitative estimate of drug-likeness (QED) is 0.0397. The van der Waals surface area contributed by atoms with E-state index in [0.717, 1.165) is 38.5 Å². The molecule has 0 saturated heterocycles. The number of nitrogens with one attached hydrogen (secondary N) is 1. The lowest BCUT2D eigenvalue weighted by atomic mass is 10.0. The number of carboxylic acid groups (broad SMARTS) is 1. The van der Waals surface area contributed by atoms with Crippen LogP contribution in [0.2, 0.25) is 0 Å². The molecule has 0 aliphatic rings. The van der Waals surface area contributed by atoms with Gasteiger partial charge in [0.15, 0.2) is 6.04 Å². The van der Waals surface area contributed by atoms with Gasteiger partial charge in [0, 0.05) is 12.8 Å². The SMILES string of the molecule is CCCCCCCCCCCCCCCCC(=O)OCC(O)COP(=O)(O)OCC(NC(=O)CCCCCC)C(=O)O. The molecular weight excluding hydrogens is 565 g/mol. The average molecular weight is 624 g/mol. The fourth-order valence-corrected chi connectivity index (χ4v) is 5.09. The zero-order valence-electron chi connectivity index (χ0n) is 26.1. The average Bonchev–Trinajstić information content (AvgIpc) is 2.95. The zero-order valence-corrected chi connectivity index (χ0v) is 27.0. The molecule has 0 fully saturated rings. The van der Waals surface area contributed by atoms with Gasteiger partial charge in [0.05, 0.1) is 13.2 Å². The minimum absolute atomic E-state index is 0.140. The number of aliphatic carboxylic acids is 1. The molecule has 12 heteroatoms. The predicted octanol–water partition coefficient (Wildman–Crippen LogP) is 6.44. The second-order valence-corrected chi connectivity index (χ2v) is 12.5. The fourth-order valence-electron chi connectivity index (χ4n) is 4.31. The van der Waals surface area contributed by atoms with E-state index >= 15 is 0 Å². The van der Waals surface area contributed by atoms with Gasteiger partial charge in [-0.2, -0.15) is 0 Å². The summed E-state index contributed by atoms with van der Waals surface area (Å²) >= 11 is 0. The van der Waals surface area contributed by atoms with Crippen molar-refractivity contribution in [1.82, 2.24) is 5.32 Å². The maximum absolute atomic E-state index is 12.1. The molecule has 11 nitrogen and oxygen atoms in total. The zero-order chi connectivity index (χ0) is 31.5. The molecule has 0 saturated carbocycles. The topological polar surface area (TPSA) is 169 Å². The lowest BCUT2D eigenvalue weighted by Crippen LogP contribution is -2.43. The van der Waals surface area contributed by atoms with E-state index < -0.39 is 57.6 Å². The van der Waals surface area contributed by atoms with Crippen molar-refractivity contribution in [3.63, 3.8) is 0 Å². The van der Waals surface area contributed by atoms with Gasteiger partial charge in [0.25, 0.3) is 0 Å². The molecule has 0 aromatic carbocycles. The van der Waals surface area contributed by atoms with Crippen molar-refractivity contribution in [3.05, 3.63) is 0 Å². The molecule has 0 radical (unpaired) electrons. The summed E-state index contributed by atoms with van der Waals surface area (Å²) in [7, 11) is -4.72. The summed E-state index contributed by atoms with van der Waals surface area (Å²) in [6.07, 6.45) is 19.4. The molecule has 0 heterocycles. The second-order valence-electron chi connectivity index (χ2n) is 11.0. The maximum atomic E-state index is 12.1. The highest BCUT2D eigenvalue weighted by Gasteiger charge is 2.28. The Balaban J connectivity index is 3.90. The molecular formula is C30H58NO10P. The molecule has 0 bridgehead atoms. The first-order chi connectivity index (χ1) is 20.1. The van der Waals surface area contributed by atoms with Gasteiger partial charge < -0.3 is 25.2 Å². The third-order valence-corrected chi connectivity index (χ3v) is 7.85. The van der Waals surface area contributed by atoms with Gasteiger partial charge in [-0.05, 0) is 12.8 Å². The normalized spacial score (nSPS) is 14.2. The van der Waals surface area contributed by atoms with Gasteiger partial charge in [-0.3, -0.25) is 18.6 Å². The summed E-state index contributed by atoms with van der Waals surface area (Å²) in [5, 5.41) is 21.4. The number of hydrogen-bond acceptors (Lipinski definition) is 8. The highest BCUT2D eigenvalue weighted by Crippen LogP contribution is 2.43. The Morgan fingerprint density at radius 1 is 0.667 bits per heavy atom. The number of rotatable bonds is 30. The van der Waals surface area contributed by atoms with Crippen molar-refractivity contribution in [2.45, 2.75) is 154 Å². The number of esters is 1. The van der Waals surface area contributed by atoms with E-state index in [4.69, 9.17) is 4.74 Å². The van der Waals surface area contributed by atoms with E-state index in [9.17, 15) is 34.1 Å². The number of phosphoric acid groups is 1. The van der Waals surface area contributed by atoms with Crippen molar-refractivity contribution in [2.75, 3.05) is 19.8 Å². The molecule has 0 aliphatic heterocycles. The number of ether oxygens (including phenoxy) is 1. The van der Waals surface area contributed by atoms with Gasteiger partial charge in [-0.1, -0.05) is 117 Å². The molecule has 3 unspecified atom stereocenters. The number of carbonyl (C=O) groups is 3. The van der Waals surface area contributed by atoms with Crippen LogP contribution in [0.3, 0.4) is 0 Å². The molecule has 3 atom stereocenters. The van der Waals surface area contributed by atoms with E-state index in [1.54, 1.807) is 0 Å². The Morgan fingerprint density at radius 2 is 1.10 bits per heavy atom. The smallest absolute Gasteiger partial charge is 0.472 e. The monoisotopic (exact) mass is 623 g/mol. The molecule has 0 spiro atoms. The minimum atomic E-state index is -4.72. The van der Waals surface area contributed by atoms with Crippen LogP contribution < -0.4 is 5.32 Å². The number of unbranched alkanes of at least 4 members (excludes halogenated alkanes) is 16. The highest BCUT2D eigenvalue weighted by atomic mass is 31.2. The largest absolute Gasteiger partial charge is 0.480 e. The van der Waals surface area contributed by atoms with Gasteiger partial charge >= 0.3 is 19.8 Å². The second kappa shape index (κ2) is 27.1. The summed E-state index contributed by atoms with van der Waals surface area (Å²) < 4.78 is 26.4. The van der Waals surface area contributed by atoms with Crippen molar-refractivity contribution in [2.24, 2.45) is 0 Å². The molecule has 248 valence electrons. The van der Waals surface area contributed by atoms with E-state index in [0.29, 0.717) is 12.8 Å². The van der Waals surface area contributed by atoms with E-state index in [2.05, 4.69) is 21.3 Å². The Bertz CT molecular complexity index is 752. The first-order valence-corrected chi connectivity index (χ1v) is 17.6. The first-order valence-electron chi connectivity index (χ1n) is 16.1. The van der Waals surface area contributed by atoms with Gasteiger partial charge in [-0.25, -0.2) is 9.36 Å². The summed E-state index contributed by atoms with van der Waals surface area (Å²) in [6, 6.07) is -1.53. The minimum Gasteiger partial charge on any atom is -0.480 e. The number of aliphatic hydroxyl groups is 1. The Morgan fingerprint density at radius 3 is 1.60 bits per heavy atom. The number of phosphoric ester groups is 1. The van der Waals surface area contributed by atoms with Crippen molar-refractivity contribution < 1.29 is 47.8 Å². The molecule has 0 rings (SSSR count). The van der Waals surface area contributed by atoms with Crippen LogP contribution in [0, 0.1) is 0 Å². The van der Waals surface area contributed by atoms with E-state index in [-0.39, 0.29) is 12.8 Å². The van der Waals surface area contributed by atoms with Gasteiger partial charge in [0.1, 0.15) is 12.7 Å². The van der Waals surface area contributed by atoms with Crippen LogP contribution in [0.25, 0.3) is 0 Å². The number of amides is 1. The predicted molar refractivity (Wildman–Crippen MR) is 162 cm³/mol. The Labute approximate surface area is 253 Å². The van der Waals surface area contributed by atoms with E-state index in [1.807, 2.05) is 6.92 Å². The third kappa shape index (κ3) is 26.1. The van der Waals surface area contributed by atoms with Crippen molar-refractivity contribution in [1.29, 1.82) is 0 Å². The van der Waals surface area contributed by atoms with Crippen LogP contribution in [0.15, 0.2) is 0 Å². The maximum Gasteiger partial charge on any atom is 0.472 e.